The number of rotatable bonds is 4. The molecular weight excluding hydrogens is 244 g/mol. The molecule has 4 heteroatoms. The number of aromatic nitrogens is 1. The minimum atomic E-state index is -0.0192. The van der Waals surface area contributed by atoms with Gasteiger partial charge in [0.25, 0.3) is 0 Å². The fraction of sp³-hybridized carbons (Fsp3) is 0.214. The second-order valence-corrected chi connectivity index (χ2v) is 4.87. The molecule has 3 nitrogen and oxygen atoms in total. The van der Waals surface area contributed by atoms with Crippen LogP contribution in [0.4, 0.5) is 0 Å². The number of benzene rings is 1. The summed E-state index contributed by atoms with van der Waals surface area (Å²) in [6, 6.07) is 11.7. The highest BCUT2D eigenvalue weighted by Gasteiger charge is 2.03. The van der Waals surface area contributed by atoms with E-state index in [1.807, 2.05) is 49.6 Å². The first-order valence-corrected chi connectivity index (χ1v) is 6.95. The lowest BCUT2D eigenvalue weighted by Gasteiger charge is -2.09. The molecule has 94 valence electrons. The van der Waals surface area contributed by atoms with E-state index in [1.165, 1.54) is 4.90 Å². The van der Waals surface area contributed by atoms with Crippen LogP contribution in [-0.4, -0.2) is 11.2 Å². The predicted molar refractivity (Wildman–Crippen MR) is 75.1 cm³/mol. The third kappa shape index (κ3) is 3.24. The summed E-state index contributed by atoms with van der Waals surface area (Å²) in [5.74, 6) is 1.35. The number of thioether (sulfide) groups is 1. The maximum absolute atomic E-state index is 5.83. The minimum Gasteiger partial charge on any atom is -0.439 e. The van der Waals surface area contributed by atoms with Gasteiger partial charge in [0, 0.05) is 23.2 Å². The third-order valence-corrected chi connectivity index (χ3v) is 3.31. The Balaban J connectivity index is 2.15. The van der Waals surface area contributed by atoms with E-state index in [0.717, 1.165) is 11.3 Å². The van der Waals surface area contributed by atoms with Crippen LogP contribution in [-0.2, 0) is 0 Å². The molecule has 0 bridgehead atoms. The van der Waals surface area contributed by atoms with Crippen LogP contribution in [0.25, 0.3) is 0 Å². The average Bonchev–Trinajstić information content (AvgIpc) is 2.40. The van der Waals surface area contributed by atoms with Gasteiger partial charge in [0.1, 0.15) is 5.75 Å². The Morgan fingerprint density at radius 3 is 2.56 bits per heavy atom. The number of pyridine rings is 1. The molecule has 1 aromatic heterocycles. The highest BCUT2D eigenvalue weighted by Crippen LogP contribution is 2.24. The summed E-state index contributed by atoms with van der Waals surface area (Å²) < 4.78 is 5.69. The SMILES string of the molecule is CSc1ccc(Oc2cc([C@H](C)N)ccn2)cc1. The van der Waals surface area contributed by atoms with Crippen LogP contribution < -0.4 is 10.5 Å². The summed E-state index contributed by atoms with van der Waals surface area (Å²) in [6.45, 7) is 1.94. The molecule has 2 N–H and O–H groups in total. The summed E-state index contributed by atoms with van der Waals surface area (Å²) in [6.07, 6.45) is 3.76. The van der Waals surface area contributed by atoms with Gasteiger partial charge in [-0.3, -0.25) is 0 Å². The van der Waals surface area contributed by atoms with E-state index in [1.54, 1.807) is 18.0 Å². The molecule has 0 aliphatic rings. The van der Waals surface area contributed by atoms with Crippen LogP contribution in [0, 0.1) is 0 Å². The van der Waals surface area contributed by atoms with E-state index < -0.39 is 0 Å². The molecule has 0 saturated heterocycles. The Hall–Kier alpha value is -1.52. The molecule has 1 heterocycles. The monoisotopic (exact) mass is 260 g/mol. The zero-order valence-electron chi connectivity index (χ0n) is 10.5. The van der Waals surface area contributed by atoms with Crippen molar-refractivity contribution in [3.8, 4) is 11.6 Å². The van der Waals surface area contributed by atoms with Gasteiger partial charge >= 0.3 is 0 Å². The lowest BCUT2D eigenvalue weighted by Crippen LogP contribution is -2.05. The lowest BCUT2D eigenvalue weighted by atomic mass is 10.1. The Morgan fingerprint density at radius 1 is 1.22 bits per heavy atom. The van der Waals surface area contributed by atoms with Gasteiger partial charge in [0.15, 0.2) is 0 Å². The molecule has 2 rings (SSSR count). The molecule has 18 heavy (non-hydrogen) atoms. The molecule has 1 aromatic carbocycles. The molecule has 0 spiro atoms. The summed E-state index contributed by atoms with van der Waals surface area (Å²) in [7, 11) is 0. The Kier molecular flexibility index (Phi) is 4.23. The Morgan fingerprint density at radius 2 is 1.94 bits per heavy atom. The molecule has 0 fully saturated rings. The lowest BCUT2D eigenvalue weighted by molar-refractivity contribution is 0.461. The van der Waals surface area contributed by atoms with Crippen molar-refractivity contribution in [2.75, 3.05) is 6.26 Å². The first-order valence-electron chi connectivity index (χ1n) is 5.72. The van der Waals surface area contributed by atoms with Crippen molar-refractivity contribution in [2.45, 2.75) is 17.9 Å². The smallest absolute Gasteiger partial charge is 0.219 e. The minimum absolute atomic E-state index is 0.0192. The summed E-state index contributed by atoms with van der Waals surface area (Å²) >= 11 is 1.70. The van der Waals surface area contributed by atoms with Gasteiger partial charge in [-0.15, -0.1) is 11.8 Å². The number of nitrogens with two attached hydrogens (primary N) is 1. The number of hydrogen-bond donors (Lipinski definition) is 1. The quantitative estimate of drug-likeness (QED) is 0.853. The van der Waals surface area contributed by atoms with Gasteiger partial charge in [-0.1, -0.05) is 0 Å². The zero-order valence-corrected chi connectivity index (χ0v) is 11.3. The van der Waals surface area contributed by atoms with Gasteiger partial charge in [-0.05, 0) is 49.1 Å². The maximum atomic E-state index is 5.83. The zero-order chi connectivity index (χ0) is 13.0. The highest BCUT2D eigenvalue weighted by atomic mass is 32.2. The van der Waals surface area contributed by atoms with E-state index in [4.69, 9.17) is 10.5 Å². The molecule has 0 radical (unpaired) electrons. The summed E-state index contributed by atoms with van der Waals surface area (Å²) in [4.78, 5) is 5.38. The number of hydrogen-bond acceptors (Lipinski definition) is 4. The van der Waals surface area contributed by atoms with Crippen LogP contribution in [0.1, 0.15) is 18.5 Å². The third-order valence-electron chi connectivity index (χ3n) is 2.57. The maximum Gasteiger partial charge on any atom is 0.219 e. The number of nitrogens with zero attached hydrogens (tertiary/aromatic N) is 1. The normalized spacial score (nSPS) is 12.2. The fourth-order valence-electron chi connectivity index (χ4n) is 1.53. The van der Waals surface area contributed by atoms with Gasteiger partial charge in [-0.2, -0.15) is 0 Å². The fourth-order valence-corrected chi connectivity index (χ4v) is 1.94. The Labute approximate surface area is 111 Å². The standard InChI is InChI=1S/C14H16N2OS/c1-10(15)11-7-8-16-14(9-11)17-12-3-5-13(18-2)6-4-12/h3-10H,15H2,1-2H3/t10-/m0/s1. The molecular formula is C14H16N2OS. The van der Waals surface area contributed by atoms with Crippen LogP contribution >= 0.6 is 11.8 Å². The van der Waals surface area contributed by atoms with Crippen LogP contribution in [0.15, 0.2) is 47.5 Å². The number of ether oxygens (including phenoxy) is 1. The largest absolute Gasteiger partial charge is 0.439 e. The first kappa shape index (κ1) is 12.9. The molecule has 0 unspecified atom stereocenters. The van der Waals surface area contributed by atoms with Crippen LogP contribution in [0.5, 0.6) is 11.6 Å². The van der Waals surface area contributed by atoms with Crippen molar-refractivity contribution in [2.24, 2.45) is 5.73 Å². The van der Waals surface area contributed by atoms with E-state index in [-0.39, 0.29) is 6.04 Å². The van der Waals surface area contributed by atoms with E-state index in [9.17, 15) is 0 Å². The molecule has 0 amide bonds. The second kappa shape index (κ2) is 5.89. The molecule has 0 aliphatic heterocycles. The van der Waals surface area contributed by atoms with Crippen LogP contribution in [0.3, 0.4) is 0 Å². The molecule has 2 aromatic rings. The van der Waals surface area contributed by atoms with E-state index in [0.29, 0.717) is 5.88 Å². The van der Waals surface area contributed by atoms with Crippen molar-refractivity contribution in [3.63, 3.8) is 0 Å². The van der Waals surface area contributed by atoms with Gasteiger partial charge in [0.05, 0.1) is 0 Å². The summed E-state index contributed by atoms with van der Waals surface area (Å²) in [5, 5.41) is 0. The highest BCUT2D eigenvalue weighted by molar-refractivity contribution is 7.98. The Bertz CT molecular complexity index is 511. The predicted octanol–water partition coefficient (Wildman–Crippen LogP) is 3.62. The molecule has 1 atom stereocenters. The van der Waals surface area contributed by atoms with Gasteiger partial charge in [-0.25, -0.2) is 4.98 Å². The molecule has 0 aliphatic carbocycles. The van der Waals surface area contributed by atoms with E-state index in [2.05, 4.69) is 4.98 Å². The van der Waals surface area contributed by atoms with Crippen molar-refractivity contribution < 1.29 is 4.74 Å². The van der Waals surface area contributed by atoms with Crippen molar-refractivity contribution in [1.29, 1.82) is 0 Å². The van der Waals surface area contributed by atoms with Gasteiger partial charge in [0.2, 0.25) is 5.88 Å². The molecule has 0 saturated carbocycles. The van der Waals surface area contributed by atoms with Gasteiger partial charge < -0.3 is 10.5 Å². The van der Waals surface area contributed by atoms with Crippen LogP contribution in [0.2, 0.25) is 0 Å². The topological polar surface area (TPSA) is 48.1 Å². The van der Waals surface area contributed by atoms with Crippen molar-refractivity contribution in [1.82, 2.24) is 4.98 Å². The van der Waals surface area contributed by atoms with E-state index >= 15 is 0 Å². The van der Waals surface area contributed by atoms with Crippen molar-refractivity contribution in [3.05, 3.63) is 48.2 Å². The van der Waals surface area contributed by atoms with Crippen molar-refractivity contribution >= 4 is 11.8 Å². The second-order valence-electron chi connectivity index (χ2n) is 3.99. The summed E-state index contributed by atoms with van der Waals surface area (Å²) in [5.41, 5.74) is 6.84. The average molecular weight is 260 g/mol. The first-order chi connectivity index (χ1) is 8.69.